The van der Waals surface area contributed by atoms with Crippen molar-refractivity contribution in [1.29, 1.82) is 0 Å². The van der Waals surface area contributed by atoms with Gasteiger partial charge in [0.1, 0.15) is 17.0 Å². The summed E-state index contributed by atoms with van der Waals surface area (Å²) in [5.74, 6) is 2.51. The number of nitrogens with one attached hydrogen (secondary N) is 3. The summed E-state index contributed by atoms with van der Waals surface area (Å²) in [5, 5.41) is 9.89. The molecule has 0 saturated carbocycles. The number of hydrogen-bond acceptors (Lipinski definition) is 8. The van der Waals surface area contributed by atoms with Gasteiger partial charge in [-0.1, -0.05) is 26.7 Å². The Hall–Kier alpha value is -3.62. The summed E-state index contributed by atoms with van der Waals surface area (Å²) in [6.45, 7) is 8.83. The number of anilines is 2. The molecule has 0 aliphatic rings. The molecule has 0 aliphatic carbocycles. The van der Waals surface area contributed by atoms with E-state index in [-0.39, 0.29) is 5.91 Å². The molecule has 0 aliphatic heterocycles. The SMILES string of the molecule is CCCCC(C)(CNC(C)=O)Nc1nc(NCc2ccc(OC)cc2OC)nc2cc(CC)cnc12. The van der Waals surface area contributed by atoms with Gasteiger partial charge < -0.3 is 25.4 Å². The Kier molecular flexibility index (Phi) is 9.27. The largest absolute Gasteiger partial charge is 0.497 e. The molecular formula is C27H38N6O3. The highest BCUT2D eigenvalue weighted by molar-refractivity contribution is 5.87. The summed E-state index contributed by atoms with van der Waals surface area (Å²) in [6, 6.07) is 7.75. The number of pyridine rings is 1. The van der Waals surface area contributed by atoms with Gasteiger partial charge in [0.25, 0.3) is 0 Å². The van der Waals surface area contributed by atoms with Crippen molar-refractivity contribution in [1.82, 2.24) is 20.3 Å². The fraction of sp³-hybridized carbons (Fsp3) is 0.481. The zero-order valence-electron chi connectivity index (χ0n) is 22.2. The summed E-state index contributed by atoms with van der Waals surface area (Å²) >= 11 is 0. The van der Waals surface area contributed by atoms with Crippen LogP contribution >= 0.6 is 0 Å². The minimum Gasteiger partial charge on any atom is -0.497 e. The lowest BCUT2D eigenvalue weighted by Gasteiger charge is -2.32. The van der Waals surface area contributed by atoms with Crippen LogP contribution in [0.5, 0.6) is 11.5 Å². The van der Waals surface area contributed by atoms with Crippen LogP contribution in [0.2, 0.25) is 0 Å². The number of amides is 1. The molecule has 1 amide bonds. The van der Waals surface area contributed by atoms with E-state index in [2.05, 4.69) is 41.7 Å². The normalized spacial score (nSPS) is 12.6. The van der Waals surface area contributed by atoms with Crippen molar-refractivity contribution < 1.29 is 14.3 Å². The minimum absolute atomic E-state index is 0.0615. The molecule has 3 N–H and O–H groups in total. The molecule has 0 radical (unpaired) electrons. The molecule has 1 atom stereocenters. The van der Waals surface area contributed by atoms with Crippen LogP contribution in [0.25, 0.3) is 11.0 Å². The van der Waals surface area contributed by atoms with E-state index in [0.29, 0.717) is 30.4 Å². The van der Waals surface area contributed by atoms with Gasteiger partial charge in [-0.3, -0.25) is 9.78 Å². The van der Waals surface area contributed by atoms with E-state index in [4.69, 9.17) is 19.4 Å². The van der Waals surface area contributed by atoms with Crippen LogP contribution in [0.3, 0.4) is 0 Å². The van der Waals surface area contributed by atoms with Crippen LogP contribution in [-0.2, 0) is 17.8 Å². The van der Waals surface area contributed by atoms with Gasteiger partial charge in [-0.15, -0.1) is 0 Å². The summed E-state index contributed by atoms with van der Waals surface area (Å²) in [4.78, 5) is 25.9. The van der Waals surface area contributed by atoms with Gasteiger partial charge in [0.2, 0.25) is 11.9 Å². The number of rotatable bonds is 13. The second-order valence-electron chi connectivity index (χ2n) is 9.19. The Labute approximate surface area is 213 Å². The number of aromatic nitrogens is 3. The topological polar surface area (TPSA) is 110 Å². The number of aryl methyl sites for hydroxylation is 1. The molecule has 0 fully saturated rings. The maximum atomic E-state index is 11.7. The lowest BCUT2D eigenvalue weighted by Crippen LogP contribution is -2.46. The molecule has 0 spiro atoms. The first kappa shape index (κ1) is 27.0. The first-order valence-corrected chi connectivity index (χ1v) is 12.4. The number of hydrogen-bond donors (Lipinski definition) is 3. The Bertz CT molecular complexity index is 1190. The molecule has 2 heterocycles. The smallest absolute Gasteiger partial charge is 0.225 e. The zero-order valence-corrected chi connectivity index (χ0v) is 22.2. The minimum atomic E-state index is -0.398. The monoisotopic (exact) mass is 494 g/mol. The van der Waals surface area contributed by atoms with Crippen molar-refractivity contribution in [2.75, 3.05) is 31.4 Å². The zero-order chi connectivity index (χ0) is 26.1. The highest BCUT2D eigenvalue weighted by Crippen LogP contribution is 2.28. The second kappa shape index (κ2) is 12.4. The maximum absolute atomic E-state index is 11.7. The van der Waals surface area contributed by atoms with Gasteiger partial charge in [-0.2, -0.15) is 4.98 Å². The van der Waals surface area contributed by atoms with E-state index in [0.717, 1.165) is 53.8 Å². The molecule has 1 unspecified atom stereocenters. The van der Waals surface area contributed by atoms with Crippen LogP contribution in [-0.4, -0.2) is 47.2 Å². The Balaban J connectivity index is 1.96. The summed E-state index contributed by atoms with van der Waals surface area (Å²) in [6.07, 6.45) is 5.66. The number of carbonyl (C=O) groups is 1. The lowest BCUT2D eigenvalue weighted by atomic mass is 9.94. The lowest BCUT2D eigenvalue weighted by molar-refractivity contribution is -0.119. The molecule has 1 aromatic carbocycles. The second-order valence-corrected chi connectivity index (χ2v) is 9.19. The van der Waals surface area contributed by atoms with Crippen molar-refractivity contribution >= 4 is 28.7 Å². The third kappa shape index (κ3) is 6.96. The Morgan fingerprint density at radius 2 is 1.92 bits per heavy atom. The predicted octanol–water partition coefficient (Wildman–Crippen LogP) is 4.71. The number of unbranched alkanes of at least 4 members (excludes halogenated alkanes) is 1. The highest BCUT2D eigenvalue weighted by Gasteiger charge is 2.26. The van der Waals surface area contributed by atoms with Crippen molar-refractivity contribution in [3.63, 3.8) is 0 Å². The average Bonchev–Trinajstić information content (AvgIpc) is 2.89. The number of ether oxygens (including phenoxy) is 2. The molecule has 0 bridgehead atoms. The number of nitrogens with zero attached hydrogens (tertiary/aromatic N) is 3. The molecule has 194 valence electrons. The number of benzene rings is 1. The van der Waals surface area contributed by atoms with E-state index in [1.807, 2.05) is 30.5 Å². The van der Waals surface area contributed by atoms with Crippen molar-refractivity contribution in [3.05, 3.63) is 41.6 Å². The predicted molar refractivity (Wildman–Crippen MR) is 144 cm³/mol. The van der Waals surface area contributed by atoms with Crippen LogP contribution in [0.1, 0.15) is 58.1 Å². The molecule has 2 aromatic heterocycles. The first-order valence-electron chi connectivity index (χ1n) is 12.4. The fourth-order valence-corrected chi connectivity index (χ4v) is 3.96. The van der Waals surface area contributed by atoms with E-state index < -0.39 is 5.54 Å². The van der Waals surface area contributed by atoms with Crippen LogP contribution in [0, 0.1) is 0 Å². The van der Waals surface area contributed by atoms with Gasteiger partial charge >= 0.3 is 0 Å². The van der Waals surface area contributed by atoms with E-state index in [1.54, 1.807) is 14.2 Å². The van der Waals surface area contributed by atoms with Crippen molar-refractivity contribution in [2.45, 2.75) is 65.5 Å². The Morgan fingerprint density at radius 1 is 1.11 bits per heavy atom. The highest BCUT2D eigenvalue weighted by atomic mass is 16.5. The van der Waals surface area contributed by atoms with Crippen LogP contribution in [0.15, 0.2) is 30.5 Å². The van der Waals surface area contributed by atoms with E-state index >= 15 is 0 Å². The molecule has 36 heavy (non-hydrogen) atoms. The third-order valence-electron chi connectivity index (χ3n) is 6.16. The first-order chi connectivity index (χ1) is 17.3. The molecular weight excluding hydrogens is 456 g/mol. The average molecular weight is 495 g/mol. The number of carbonyl (C=O) groups excluding carboxylic acids is 1. The van der Waals surface area contributed by atoms with Gasteiger partial charge in [-0.05, 0) is 43.5 Å². The molecule has 3 rings (SSSR count). The number of methoxy groups -OCH3 is 2. The van der Waals surface area contributed by atoms with Gasteiger partial charge in [-0.25, -0.2) is 4.98 Å². The summed E-state index contributed by atoms with van der Waals surface area (Å²) in [5.41, 5.74) is 3.11. The molecule has 0 saturated heterocycles. The molecule has 3 aromatic rings. The van der Waals surface area contributed by atoms with Crippen molar-refractivity contribution in [3.8, 4) is 11.5 Å². The quantitative estimate of drug-likeness (QED) is 0.313. The van der Waals surface area contributed by atoms with E-state index in [1.165, 1.54) is 6.92 Å². The third-order valence-corrected chi connectivity index (χ3v) is 6.16. The van der Waals surface area contributed by atoms with Crippen molar-refractivity contribution in [2.24, 2.45) is 0 Å². The van der Waals surface area contributed by atoms with Gasteiger partial charge in [0.15, 0.2) is 5.82 Å². The van der Waals surface area contributed by atoms with E-state index in [9.17, 15) is 4.79 Å². The summed E-state index contributed by atoms with van der Waals surface area (Å²) in [7, 11) is 3.26. The van der Waals surface area contributed by atoms with Gasteiger partial charge in [0, 0.05) is 37.8 Å². The van der Waals surface area contributed by atoms with Crippen LogP contribution < -0.4 is 25.4 Å². The standard InChI is InChI=1S/C27H38N6O3/c1-7-9-12-27(4,17-30-18(3)34)33-25-24-22(13-19(8-2)15-28-24)31-26(32-25)29-16-20-10-11-21(35-5)14-23(20)36-6/h10-11,13-15H,7-9,12,16-17H2,1-6H3,(H,30,34)(H2,29,31,32,33). The maximum Gasteiger partial charge on any atom is 0.225 e. The number of fused-ring (bicyclic) bond motifs is 1. The van der Waals surface area contributed by atoms with Crippen LogP contribution in [0.4, 0.5) is 11.8 Å². The Morgan fingerprint density at radius 3 is 2.58 bits per heavy atom. The fourth-order valence-electron chi connectivity index (χ4n) is 3.96. The van der Waals surface area contributed by atoms with Gasteiger partial charge in [0.05, 0.1) is 25.3 Å². The molecule has 9 nitrogen and oxygen atoms in total. The molecule has 9 heteroatoms. The summed E-state index contributed by atoms with van der Waals surface area (Å²) < 4.78 is 10.8.